The molecule has 4 N–H and O–H groups in total. The van der Waals surface area contributed by atoms with Crippen LogP contribution in [-0.4, -0.2) is 31.0 Å². The third-order valence-electron chi connectivity index (χ3n) is 4.94. The van der Waals surface area contributed by atoms with Crippen LogP contribution in [0.15, 0.2) is 41.5 Å². The van der Waals surface area contributed by atoms with Crippen molar-refractivity contribution in [2.75, 3.05) is 22.9 Å². The summed E-state index contributed by atoms with van der Waals surface area (Å²) in [5.41, 5.74) is 13.1. The molecule has 0 saturated carbocycles. The molecule has 0 unspecified atom stereocenters. The number of aromatic nitrogens is 5. The van der Waals surface area contributed by atoms with Gasteiger partial charge in [0, 0.05) is 12.7 Å². The average molecular weight is 448 g/mol. The minimum atomic E-state index is -0.390. The Morgan fingerprint density at radius 2 is 2.00 bits per heavy atom. The Bertz CT molecular complexity index is 1460. The minimum absolute atomic E-state index is 0.0240. The van der Waals surface area contributed by atoms with E-state index in [4.69, 9.17) is 28.1 Å². The van der Waals surface area contributed by atoms with E-state index in [-0.39, 0.29) is 39.5 Å². The van der Waals surface area contributed by atoms with Gasteiger partial charge in [0.15, 0.2) is 5.82 Å². The number of nitriles is 1. The van der Waals surface area contributed by atoms with Gasteiger partial charge >= 0.3 is 0 Å². The van der Waals surface area contributed by atoms with Crippen molar-refractivity contribution in [3.05, 3.63) is 63.2 Å². The van der Waals surface area contributed by atoms with Gasteiger partial charge in [0.25, 0.3) is 5.56 Å². The lowest BCUT2D eigenvalue weighted by Gasteiger charge is -2.26. The van der Waals surface area contributed by atoms with E-state index in [1.165, 1.54) is 4.57 Å². The van der Waals surface area contributed by atoms with Gasteiger partial charge in [-0.25, -0.2) is 9.55 Å². The molecule has 0 aliphatic heterocycles. The Labute approximate surface area is 187 Å². The second-order valence-corrected chi connectivity index (χ2v) is 7.28. The monoisotopic (exact) mass is 447 g/mol. The number of hydrogen-bond acceptors (Lipinski definition) is 9. The predicted molar refractivity (Wildman–Crippen MR) is 123 cm³/mol. The zero-order chi connectivity index (χ0) is 23.0. The number of nitrogens with two attached hydrogens (primary N) is 2. The first-order valence-electron chi connectivity index (χ1n) is 9.60. The van der Waals surface area contributed by atoms with Crippen molar-refractivity contribution in [1.82, 2.24) is 24.5 Å². The lowest BCUT2D eigenvalue weighted by molar-refractivity contribution is 0.852. The van der Waals surface area contributed by atoms with Gasteiger partial charge in [-0.1, -0.05) is 17.7 Å². The maximum absolute atomic E-state index is 13.7. The average Bonchev–Trinajstić information content (AvgIpc) is 2.75. The molecule has 10 nitrogen and oxygen atoms in total. The molecule has 0 radical (unpaired) electrons. The molecule has 4 rings (SSSR count). The van der Waals surface area contributed by atoms with Crippen molar-refractivity contribution >= 4 is 46.0 Å². The summed E-state index contributed by atoms with van der Waals surface area (Å²) in [4.78, 5) is 32.3. The Kier molecular flexibility index (Phi) is 5.34. The summed E-state index contributed by atoms with van der Waals surface area (Å²) in [6, 6.07) is 8.81. The van der Waals surface area contributed by atoms with Gasteiger partial charge in [-0.3, -0.25) is 14.7 Å². The molecule has 1 aromatic carbocycles. The summed E-state index contributed by atoms with van der Waals surface area (Å²) in [5.74, 6) is 0.176. The normalized spacial score (nSPS) is 10.8. The predicted octanol–water partition coefficient (Wildman–Crippen LogP) is 2.73. The first kappa shape index (κ1) is 21.0. The van der Waals surface area contributed by atoms with Gasteiger partial charge in [-0.15, -0.1) is 0 Å². The van der Waals surface area contributed by atoms with Crippen LogP contribution in [0.5, 0.6) is 0 Å². The van der Waals surface area contributed by atoms with Crippen LogP contribution < -0.4 is 21.9 Å². The first-order chi connectivity index (χ1) is 15.4. The van der Waals surface area contributed by atoms with E-state index in [2.05, 4.69) is 15.0 Å². The number of nitrogen functional groups attached to an aromatic ring is 2. The van der Waals surface area contributed by atoms with E-state index in [9.17, 15) is 10.1 Å². The fourth-order valence-corrected chi connectivity index (χ4v) is 3.69. The lowest BCUT2D eigenvalue weighted by Crippen LogP contribution is -2.31. The Morgan fingerprint density at radius 1 is 1.22 bits per heavy atom. The van der Waals surface area contributed by atoms with E-state index >= 15 is 0 Å². The topological polar surface area (TPSA) is 153 Å². The second-order valence-electron chi connectivity index (χ2n) is 6.87. The molecule has 11 heteroatoms. The Morgan fingerprint density at radius 3 is 2.69 bits per heavy atom. The highest BCUT2D eigenvalue weighted by molar-refractivity contribution is 6.35. The standard InChI is InChI=1S/C21H18ClN9O/c1-3-30(18-12(9-23)17(24)28-20(25)29-18)21-27-14-6-4-5-13(22)16(14)19(32)31(21)15-10-26-8-7-11(15)2/h4-8,10H,3H2,1-2H3,(H4,24,25,28,29). The number of pyridine rings is 1. The Hall–Kier alpha value is -4.23. The molecule has 3 aromatic heterocycles. The summed E-state index contributed by atoms with van der Waals surface area (Å²) in [5, 5.41) is 10.2. The summed E-state index contributed by atoms with van der Waals surface area (Å²) < 4.78 is 1.40. The van der Waals surface area contributed by atoms with Crippen molar-refractivity contribution in [2.45, 2.75) is 13.8 Å². The van der Waals surface area contributed by atoms with Crippen molar-refractivity contribution < 1.29 is 0 Å². The molecule has 32 heavy (non-hydrogen) atoms. The van der Waals surface area contributed by atoms with Gasteiger partial charge in [0.05, 0.1) is 27.8 Å². The molecule has 0 atom stereocenters. The highest BCUT2D eigenvalue weighted by Gasteiger charge is 2.25. The Balaban J connectivity index is 2.15. The molecule has 4 aromatic rings. The number of benzene rings is 1. The lowest BCUT2D eigenvalue weighted by atomic mass is 10.2. The molecular weight excluding hydrogens is 430 g/mol. The van der Waals surface area contributed by atoms with Crippen molar-refractivity contribution in [3.63, 3.8) is 0 Å². The molecule has 160 valence electrons. The van der Waals surface area contributed by atoms with Gasteiger partial charge in [0.1, 0.15) is 17.5 Å². The van der Waals surface area contributed by atoms with Crippen LogP contribution in [0, 0.1) is 18.3 Å². The van der Waals surface area contributed by atoms with Crippen LogP contribution in [0.1, 0.15) is 18.1 Å². The van der Waals surface area contributed by atoms with Gasteiger partial charge in [0.2, 0.25) is 11.9 Å². The van der Waals surface area contributed by atoms with E-state index in [0.717, 1.165) is 5.56 Å². The van der Waals surface area contributed by atoms with Crippen molar-refractivity contribution in [2.24, 2.45) is 0 Å². The molecule has 0 aliphatic rings. The van der Waals surface area contributed by atoms with E-state index in [1.54, 1.807) is 41.6 Å². The quantitative estimate of drug-likeness (QED) is 0.480. The maximum Gasteiger partial charge on any atom is 0.268 e. The molecule has 0 bridgehead atoms. The molecule has 0 fully saturated rings. The number of aryl methyl sites for hydroxylation is 1. The largest absolute Gasteiger partial charge is 0.382 e. The summed E-state index contributed by atoms with van der Waals surface area (Å²) >= 11 is 6.35. The fourth-order valence-electron chi connectivity index (χ4n) is 3.44. The van der Waals surface area contributed by atoms with Crippen LogP contribution in [-0.2, 0) is 0 Å². The zero-order valence-electron chi connectivity index (χ0n) is 17.2. The SMILES string of the molecule is CCN(c1nc(N)nc(N)c1C#N)c1nc2cccc(Cl)c2c(=O)n1-c1cnccc1C. The third-order valence-corrected chi connectivity index (χ3v) is 5.26. The van der Waals surface area contributed by atoms with Crippen LogP contribution in [0.3, 0.4) is 0 Å². The molecule has 0 amide bonds. The zero-order valence-corrected chi connectivity index (χ0v) is 18.0. The highest BCUT2D eigenvalue weighted by Crippen LogP contribution is 2.31. The van der Waals surface area contributed by atoms with Gasteiger partial charge < -0.3 is 11.5 Å². The molecule has 0 aliphatic carbocycles. The third kappa shape index (κ3) is 3.34. The number of halogens is 1. The number of nitrogens with zero attached hydrogens (tertiary/aromatic N) is 7. The number of hydrogen-bond donors (Lipinski definition) is 2. The summed E-state index contributed by atoms with van der Waals surface area (Å²) in [6.45, 7) is 3.97. The summed E-state index contributed by atoms with van der Waals surface area (Å²) in [6.07, 6.45) is 3.19. The number of fused-ring (bicyclic) bond motifs is 1. The molecule has 0 spiro atoms. The van der Waals surface area contributed by atoms with E-state index < -0.39 is 5.56 Å². The molecule has 0 saturated heterocycles. The van der Waals surface area contributed by atoms with Crippen LogP contribution in [0.2, 0.25) is 5.02 Å². The van der Waals surface area contributed by atoms with Gasteiger partial charge in [-0.2, -0.15) is 15.2 Å². The number of rotatable bonds is 4. The van der Waals surface area contributed by atoms with E-state index in [1.807, 2.05) is 19.9 Å². The fraction of sp³-hybridized carbons (Fsp3) is 0.143. The summed E-state index contributed by atoms with van der Waals surface area (Å²) in [7, 11) is 0. The van der Waals surface area contributed by atoms with Crippen LogP contribution >= 0.6 is 11.6 Å². The number of anilines is 4. The molecule has 3 heterocycles. The van der Waals surface area contributed by atoms with Crippen LogP contribution in [0.4, 0.5) is 23.5 Å². The smallest absolute Gasteiger partial charge is 0.268 e. The second kappa shape index (κ2) is 8.13. The minimum Gasteiger partial charge on any atom is -0.382 e. The maximum atomic E-state index is 13.7. The van der Waals surface area contributed by atoms with Crippen molar-refractivity contribution in [3.8, 4) is 11.8 Å². The van der Waals surface area contributed by atoms with Crippen molar-refractivity contribution in [1.29, 1.82) is 5.26 Å². The van der Waals surface area contributed by atoms with Gasteiger partial charge in [-0.05, 0) is 37.6 Å². The highest BCUT2D eigenvalue weighted by atomic mass is 35.5. The van der Waals surface area contributed by atoms with Crippen LogP contribution in [0.25, 0.3) is 16.6 Å². The first-order valence-corrected chi connectivity index (χ1v) is 9.98. The van der Waals surface area contributed by atoms with E-state index in [0.29, 0.717) is 17.7 Å². The molecular formula is C21H18ClN9O.